The molecule has 2 heterocycles. The number of aromatic nitrogens is 2. The number of rotatable bonds is 5. The van der Waals surface area contributed by atoms with Crippen LogP contribution in [0.15, 0.2) is 54.9 Å². The van der Waals surface area contributed by atoms with Crippen LogP contribution in [0.1, 0.15) is 59.2 Å². The molecule has 1 amide bonds. The van der Waals surface area contributed by atoms with E-state index < -0.39 is 0 Å². The molecule has 3 aromatic rings. The summed E-state index contributed by atoms with van der Waals surface area (Å²) in [5.41, 5.74) is 8.04. The number of amides is 1. The second kappa shape index (κ2) is 10.0. The third-order valence-corrected chi connectivity index (χ3v) is 6.32. The summed E-state index contributed by atoms with van der Waals surface area (Å²) in [4.78, 5) is 20.8. The van der Waals surface area contributed by atoms with Gasteiger partial charge in [0, 0.05) is 31.4 Å². The Morgan fingerprint density at radius 1 is 0.969 bits per heavy atom. The minimum atomic E-state index is 0.0480. The molecular weight excluding hydrogens is 398 g/mol. The molecule has 0 radical (unpaired) electrons. The molecule has 5 rings (SSSR count). The molecule has 5 heteroatoms. The topological polar surface area (TPSA) is 66.3 Å². The van der Waals surface area contributed by atoms with Crippen LogP contribution in [0.25, 0.3) is 11.1 Å². The zero-order valence-electron chi connectivity index (χ0n) is 18.9. The van der Waals surface area contributed by atoms with Crippen LogP contribution in [0, 0.1) is 13.8 Å². The second-order valence-corrected chi connectivity index (χ2v) is 8.82. The summed E-state index contributed by atoms with van der Waals surface area (Å²) in [5.74, 6) is 1.04. The first kappa shape index (κ1) is 22.2. The highest BCUT2D eigenvalue weighted by molar-refractivity contribution is 5.70. The molecule has 1 N–H and O–H groups in total. The Morgan fingerprint density at radius 3 is 2.28 bits per heavy atom. The maximum atomic E-state index is 11.0. The van der Waals surface area contributed by atoms with Crippen LogP contribution in [0.2, 0.25) is 0 Å². The zero-order valence-corrected chi connectivity index (χ0v) is 18.9. The number of carbonyl (C=O) groups is 1. The van der Waals surface area contributed by atoms with E-state index in [1.54, 1.807) is 12.4 Å². The van der Waals surface area contributed by atoms with Gasteiger partial charge >= 0.3 is 0 Å². The van der Waals surface area contributed by atoms with Crippen LogP contribution >= 0.6 is 0 Å². The van der Waals surface area contributed by atoms with Crippen molar-refractivity contribution in [3.63, 3.8) is 0 Å². The first-order valence-electron chi connectivity index (χ1n) is 11.4. The van der Waals surface area contributed by atoms with Gasteiger partial charge in [-0.15, -0.1) is 0 Å². The van der Waals surface area contributed by atoms with Crippen LogP contribution in [0.3, 0.4) is 0 Å². The summed E-state index contributed by atoms with van der Waals surface area (Å²) in [7, 11) is 0. The quantitative estimate of drug-likeness (QED) is 0.594. The average Bonchev–Trinajstić information content (AvgIpc) is 3.57. The van der Waals surface area contributed by atoms with E-state index >= 15 is 0 Å². The van der Waals surface area contributed by atoms with Crippen molar-refractivity contribution in [1.82, 2.24) is 14.9 Å². The zero-order chi connectivity index (χ0) is 22.5. The molecule has 5 nitrogen and oxygen atoms in total. The van der Waals surface area contributed by atoms with Crippen LogP contribution in [-0.4, -0.2) is 39.5 Å². The summed E-state index contributed by atoms with van der Waals surface area (Å²) in [6, 6.07) is 15.1. The number of nitrogens with zero attached hydrogens (tertiary/aromatic N) is 3. The minimum Gasteiger partial charge on any atom is -0.392 e. The molecule has 2 fully saturated rings. The molecule has 1 aromatic heterocycles. The van der Waals surface area contributed by atoms with Crippen LogP contribution in [-0.2, 0) is 11.4 Å². The number of carbonyl (C=O) groups excluding carboxylic acids is 1. The summed E-state index contributed by atoms with van der Waals surface area (Å²) in [5, 5.41) is 9.88. The number of aliphatic hydroxyl groups excluding tert-OH is 1. The van der Waals surface area contributed by atoms with Gasteiger partial charge in [-0.25, -0.2) is 0 Å². The van der Waals surface area contributed by atoms with Gasteiger partial charge in [0.2, 0.25) is 6.41 Å². The molecule has 1 saturated carbocycles. The molecule has 166 valence electrons. The molecule has 1 aliphatic carbocycles. The maximum Gasteiger partial charge on any atom is 0.209 e. The standard InChI is InChI=1S/C21H23NO2.C6H8N2/c23-13-18-11-16(21-4-2-1-3-20(21)15-5-6-15)7-8-19(18)17-9-10-22(12-17)14-24;1-5-3-8-6(2)4-7-5/h1-4,7-8,11,14-15,17,23H,5-6,9-10,12-13H2;3-4H,1-2H3. The number of aliphatic hydroxyl groups is 1. The number of likely N-dealkylation sites (tertiary alicyclic amines) is 1. The van der Waals surface area contributed by atoms with Crippen molar-refractivity contribution in [3.8, 4) is 11.1 Å². The van der Waals surface area contributed by atoms with Gasteiger partial charge in [0.15, 0.2) is 0 Å². The Bertz CT molecular complexity index is 1040. The molecule has 1 unspecified atom stereocenters. The van der Waals surface area contributed by atoms with Crippen LogP contribution < -0.4 is 0 Å². The van der Waals surface area contributed by atoms with Crippen LogP contribution in [0.5, 0.6) is 0 Å². The van der Waals surface area contributed by atoms with E-state index in [-0.39, 0.29) is 6.61 Å². The van der Waals surface area contributed by atoms with Gasteiger partial charge in [0.1, 0.15) is 0 Å². The fraction of sp³-hybridized carbons (Fsp3) is 0.370. The Balaban J connectivity index is 0.000000260. The van der Waals surface area contributed by atoms with Gasteiger partial charge in [0.25, 0.3) is 0 Å². The molecule has 32 heavy (non-hydrogen) atoms. The highest BCUT2D eigenvalue weighted by Crippen LogP contribution is 2.44. The lowest BCUT2D eigenvalue weighted by Crippen LogP contribution is -2.17. The Hall–Kier alpha value is -3.05. The number of hydrogen-bond donors (Lipinski definition) is 1. The van der Waals surface area contributed by atoms with Gasteiger partial charge in [-0.2, -0.15) is 0 Å². The van der Waals surface area contributed by atoms with Crippen molar-refractivity contribution in [2.24, 2.45) is 0 Å². The smallest absolute Gasteiger partial charge is 0.209 e. The van der Waals surface area contributed by atoms with Gasteiger partial charge in [-0.3, -0.25) is 14.8 Å². The van der Waals surface area contributed by atoms with E-state index in [1.807, 2.05) is 18.7 Å². The number of aryl methyl sites for hydroxylation is 2. The van der Waals surface area contributed by atoms with Crippen LogP contribution in [0.4, 0.5) is 0 Å². The van der Waals surface area contributed by atoms with Crippen molar-refractivity contribution < 1.29 is 9.90 Å². The molecule has 0 bridgehead atoms. The fourth-order valence-corrected chi connectivity index (χ4v) is 4.41. The highest BCUT2D eigenvalue weighted by Gasteiger charge is 2.27. The van der Waals surface area contributed by atoms with Crippen molar-refractivity contribution in [3.05, 3.63) is 82.9 Å². The Labute approximate surface area is 190 Å². The van der Waals surface area contributed by atoms with E-state index in [9.17, 15) is 9.90 Å². The van der Waals surface area contributed by atoms with E-state index in [4.69, 9.17) is 0 Å². The van der Waals surface area contributed by atoms with E-state index in [1.165, 1.54) is 35.1 Å². The number of benzene rings is 2. The largest absolute Gasteiger partial charge is 0.392 e. The third-order valence-electron chi connectivity index (χ3n) is 6.32. The van der Waals surface area contributed by atoms with Gasteiger partial charge in [0.05, 0.1) is 18.0 Å². The molecule has 1 atom stereocenters. The maximum absolute atomic E-state index is 11.0. The van der Waals surface area contributed by atoms with Crippen molar-refractivity contribution in [1.29, 1.82) is 0 Å². The van der Waals surface area contributed by atoms with E-state index in [2.05, 4.69) is 52.4 Å². The molecule has 1 aliphatic heterocycles. The summed E-state index contributed by atoms with van der Waals surface area (Å²) in [6.07, 6.45) is 7.99. The second-order valence-electron chi connectivity index (χ2n) is 8.82. The average molecular weight is 430 g/mol. The van der Waals surface area contributed by atoms with Gasteiger partial charge in [-0.05, 0) is 72.9 Å². The normalized spacial score (nSPS) is 17.6. The molecule has 0 spiro atoms. The molecule has 2 aromatic carbocycles. The summed E-state index contributed by atoms with van der Waals surface area (Å²) in [6.45, 7) is 5.46. The third kappa shape index (κ3) is 5.22. The van der Waals surface area contributed by atoms with E-state index in [0.717, 1.165) is 42.9 Å². The van der Waals surface area contributed by atoms with Crippen molar-refractivity contribution >= 4 is 6.41 Å². The molecule has 2 aliphatic rings. The SMILES string of the molecule is Cc1cnc(C)cn1.O=CN1CCC(c2ccc(-c3ccccc3C3CC3)cc2CO)C1. The Kier molecular flexibility index (Phi) is 6.96. The lowest BCUT2D eigenvalue weighted by Gasteiger charge is -2.17. The molecular formula is C27H31N3O2. The monoisotopic (exact) mass is 429 g/mol. The fourth-order valence-electron chi connectivity index (χ4n) is 4.41. The van der Waals surface area contributed by atoms with Gasteiger partial charge in [-0.1, -0.05) is 36.4 Å². The molecule has 1 saturated heterocycles. The summed E-state index contributed by atoms with van der Waals surface area (Å²) < 4.78 is 0. The Morgan fingerprint density at radius 2 is 1.69 bits per heavy atom. The highest BCUT2D eigenvalue weighted by atomic mass is 16.3. The first-order chi connectivity index (χ1) is 15.6. The van der Waals surface area contributed by atoms with Crippen molar-refractivity contribution in [2.75, 3.05) is 13.1 Å². The summed E-state index contributed by atoms with van der Waals surface area (Å²) >= 11 is 0. The van der Waals surface area contributed by atoms with Crippen molar-refractivity contribution in [2.45, 2.75) is 51.6 Å². The van der Waals surface area contributed by atoms with E-state index in [0.29, 0.717) is 11.8 Å². The lowest BCUT2D eigenvalue weighted by molar-refractivity contribution is -0.117. The number of hydrogen-bond acceptors (Lipinski definition) is 4. The predicted octanol–water partition coefficient (Wildman–Crippen LogP) is 4.76. The minimum absolute atomic E-state index is 0.0480. The first-order valence-corrected chi connectivity index (χ1v) is 11.4. The van der Waals surface area contributed by atoms with Gasteiger partial charge < -0.3 is 10.0 Å². The lowest BCUT2D eigenvalue weighted by atomic mass is 9.89. The predicted molar refractivity (Wildman–Crippen MR) is 126 cm³/mol.